The smallest absolute Gasteiger partial charge is 0.225 e. The number of carbonyl (C=O) groups excluding carboxylic acids is 2. The second-order valence-corrected chi connectivity index (χ2v) is 7.42. The van der Waals surface area contributed by atoms with Gasteiger partial charge in [-0.2, -0.15) is 0 Å². The number of likely N-dealkylation sites (tertiary alicyclic amines) is 1. The molecule has 2 atom stereocenters. The van der Waals surface area contributed by atoms with Crippen molar-refractivity contribution >= 4 is 11.8 Å². The van der Waals surface area contributed by atoms with Gasteiger partial charge in [-0.1, -0.05) is 42.5 Å². The monoisotopic (exact) mass is 394 g/mol. The standard InChI is InChI=1S/C24H30N2O3/c1-3-26-22(27)16-15-21(23(26)19-11-13-20(29-2)14-12-19)24(28)25-17-7-10-18-8-5-4-6-9-18/h4-6,8-9,11-14,21,23H,3,7,10,15-17H2,1-2H3,(H,25,28)/t21-,23+/m1/s1. The minimum atomic E-state index is -0.238. The highest BCUT2D eigenvalue weighted by Gasteiger charge is 2.39. The molecule has 0 unspecified atom stereocenters. The van der Waals surface area contributed by atoms with Crippen molar-refractivity contribution in [3.05, 3.63) is 65.7 Å². The Morgan fingerprint density at radius 3 is 2.52 bits per heavy atom. The molecule has 1 saturated heterocycles. The summed E-state index contributed by atoms with van der Waals surface area (Å²) in [5.41, 5.74) is 2.25. The lowest BCUT2D eigenvalue weighted by Gasteiger charge is -2.40. The number of ether oxygens (including phenoxy) is 1. The number of piperidine rings is 1. The van der Waals surface area contributed by atoms with Crippen LogP contribution < -0.4 is 10.1 Å². The highest BCUT2D eigenvalue weighted by molar-refractivity contribution is 5.85. The fourth-order valence-corrected chi connectivity index (χ4v) is 4.09. The van der Waals surface area contributed by atoms with Gasteiger partial charge in [-0.05, 0) is 49.4 Å². The van der Waals surface area contributed by atoms with Crippen LogP contribution in [0.4, 0.5) is 0 Å². The van der Waals surface area contributed by atoms with E-state index in [1.807, 2.05) is 54.3 Å². The quantitative estimate of drug-likeness (QED) is 0.694. The number of amides is 2. The molecule has 0 aromatic heterocycles. The maximum Gasteiger partial charge on any atom is 0.225 e. The summed E-state index contributed by atoms with van der Waals surface area (Å²) < 4.78 is 5.25. The van der Waals surface area contributed by atoms with Crippen molar-refractivity contribution in [3.63, 3.8) is 0 Å². The Bertz CT molecular complexity index is 805. The first kappa shape index (κ1) is 20.9. The number of aryl methyl sites for hydroxylation is 1. The molecule has 1 heterocycles. The van der Waals surface area contributed by atoms with Crippen LogP contribution in [0, 0.1) is 5.92 Å². The third-order valence-corrected chi connectivity index (χ3v) is 5.63. The first-order valence-electron chi connectivity index (χ1n) is 10.4. The molecule has 1 aliphatic heterocycles. The molecule has 3 rings (SSSR count). The van der Waals surface area contributed by atoms with Gasteiger partial charge in [0.1, 0.15) is 5.75 Å². The zero-order valence-electron chi connectivity index (χ0n) is 17.3. The lowest BCUT2D eigenvalue weighted by Crippen LogP contribution is -2.48. The largest absolute Gasteiger partial charge is 0.497 e. The van der Waals surface area contributed by atoms with Crippen LogP contribution in [0.1, 0.15) is 43.4 Å². The number of nitrogens with zero attached hydrogens (tertiary/aromatic N) is 1. The van der Waals surface area contributed by atoms with Gasteiger partial charge in [0.15, 0.2) is 0 Å². The van der Waals surface area contributed by atoms with Crippen molar-refractivity contribution in [2.75, 3.05) is 20.2 Å². The van der Waals surface area contributed by atoms with Gasteiger partial charge in [0.25, 0.3) is 0 Å². The van der Waals surface area contributed by atoms with E-state index in [-0.39, 0.29) is 23.8 Å². The van der Waals surface area contributed by atoms with Gasteiger partial charge in [-0.3, -0.25) is 9.59 Å². The van der Waals surface area contributed by atoms with Crippen molar-refractivity contribution in [1.29, 1.82) is 0 Å². The highest BCUT2D eigenvalue weighted by atomic mass is 16.5. The lowest BCUT2D eigenvalue weighted by atomic mass is 9.83. The summed E-state index contributed by atoms with van der Waals surface area (Å²) in [5.74, 6) is 0.671. The van der Waals surface area contributed by atoms with Gasteiger partial charge >= 0.3 is 0 Å². The lowest BCUT2D eigenvalue weighted by molar-refractivity contribution is -0.143. The van der Waals surface area contributed by atoms with E-state index in [9.17, 15) is 9.59 Å². The number of hydrogen-bond acceptors (Lipinski definition) is 3. The van der Waals surface area contributed by atoms with Crippen LogP contribution in [0.15, 0.2) is 54.6 Å². The third-order valence-electron chi connectivity index (χ3n) is 5.63. The maximum atomic E-state index is 13.0. The molecule has 1 N–H and O–H groups in total. The van der Waals surface area contributed by atoms with Gasteiger partial charge in [-0.25, -0.2) is 0 Å². The molecule has 2 aromatic rings. The second kappa shape index (κ2) is 10.1. The van der Waals surface area contributed by atoms with E-state index in [0.29, 0.717) is 25.9 Å². The Morgan fingerprint density at radius 2 is 1.86 bits per heavy atom. The van der Waals surface area contributed by atoms with E-state index in [1.165, 1.54) is 5.56 Å². The summed E-state index contributed by atoms with van der Waals surface area (Å²) in [5, 5.41) is 3.10. The fraction of sp³-hybridized carbons (Fsp3) is 0.417. The Labute approximate surface area is 173 Å². The number of hydrogen-bond donors (Lipinski definition) is 1. The van der Waals surface area contributed by atoms with Crippen molar-refractivity contribution in [1.82, 2.24) is 10.2 Å². The maximum absolute atomic E-state index is 13.0. The Balaban J connectivity index is 1.66. The zero-order valence-corrected chi connectivity index (χ0v) is 17.3. The Kier molecular flexibility index (Phi) is 7.28. The molecular formula is C24H30N2O3. The first-order valence-corrected chi connectivity index (χ1v) is 10.4. The van der Waals surface area contributed by atoms with E-state index in [2.05, 4.69) is 17.4 Å². The summed E-state index contributed by atoms with van der Waals surface area (Å²) >= 11 is 0. The predicted octanol–water partition coefficient (Wildman–Crippen LogP) is 3.74. The van der Waals surface area contributed by atoms with E-state index >= 15 is 0 Å². The average Bonchev–Trinajstić information content (AvgIpc) is 2.77. The Morgan fingerprint density at radius 1 is 1.14 bits per heavy atom. The molecule has 154 valence electrons. The van der Waals surface area contributed by atoms with Crippen LogP contribution in [0.5, 0.6) is 5.75 Å². The van der Waals surface area contributed by atoms with Crippen LogP contribution in [-0.4, -0.2) is 36.9 Å². The van der Waals surface area contributed by atoms with Gasteiger partial charge in [0.2, 0.25) is 11.8 Å². The Hall–Kier alpha value is -2.82. The van der Waals surface area contributed by atoms with Gasteiger partial charge in [0, 0.05) is 19.5 Å². The van der Waals surface area contributed by atoms with Crippen LogP contribution in [0.3, 0.4) is 0 Å². The molecule has 0 bridgehead atoms. The SMILES string of the molecule is CCN1C(=O)CC[C@@H](C(=O)NCCCc2ccccc2)[C@@H]1c1ccc(OC)cc1. The summed E-state index contributed by atoms with van der Waals surface area (Å²) in [6.45, 7) is 3.20. The minimum Gasteiger partial charge on any atom is -0.497 e. The van der Waals surface area contributed by atoms with Crippen LogP contribution in [0.25, 0.3) is 0 Å². The third kappa shape index (κ3) is 5.17. The summed E-state index contributed by atoms with van der Waals surface area (Å²) in [6.07, 6.45) is 2.83. The van der Waals surface area contributed by atoms with Crippen molar-refractivity contribution in [2.45, 2.75) is 38.6 Å². The summed E-state index contributed by atoms with van der Waals surface area (Å²) in [6, 6.07) is 17.7. The number of rotatable bonds is 8. The van der Waals surface area contributed by atoms with E-state index in [0.717, 1.165) is 24.2 Å². The molecule has 1 fully saturated rings. The second-order valence-electron chi connectivity index (χ2n) is 7.42. The molecular weight excluding hydrogens is 364 g/mol. The highest BCUT2D eigenvalue weighted by Crippen LogP contribution is 2.37. The molecule has 0 spiro atoms. The number of carbonyl (C=O) groups is 2. The summed E-state index contributed by atoms with van der Waals surface area (Å²) in [4.78, 5) is 27.3. The van der Waals surface area contributed by atoms with Gasteiger partial charge in [-0.15, -0.1) is 0 Å². The molecule has 0 radical (unpaired) electrons. The van der Waals surface area contributed by atoms with E-state index in [4.69, 9.17) is 4.74 Å². The molecule has 29 heavy (non-hydrogen) atoms. The number of benzene rings is 2. The van der Waals surface area contributed by atoms with E-state index in [1.54, 1.807) is 7.11 Å². The first-order chi connectivity index (χ1) is 14.1. The van der Waals surface area contributed by atoms with E-state index < -0.39 is 0 Å². The number of methoxy groups -OCH3 is 1. The molecule has 0 saturated carbocycles. The zero-order chi connectivity index (χ0) is 20.6. The van der Waals surface area contributed by atoms with Gasteiger partial charge < -0.3 is 15.0 Å². The van der Waals surface area contributed by atoms with Crippen molar-refractivity contribution in [2.24, 2.45) is 5.92 Å². The van der Waals surface area contributed by atoms with Crippen molar-refractivity contribution in [3.8, 4) is 5.75 Å². The predicted molar refractivity (Wildman–Crippen MR) is 114 cm³/mol. The van der Waals surface area contributed by atoms with Crippen molar-refractivity contribution < 1.29 is 14.3 Å². The van der Waals surface area contributed by atoms with Gasteiger partial charge in [0.05, 0.1) is 19.1 Å². The van der Waals surface area contributed by atoms with Crippen LogP contribution in [0.2, 0.25) is 0 Å². The topological polar surface area (TPSA) is 58.6 Å². The molecule has 2 aromatic carbocycles. The molecule has 5 heteroatoms. The minimum absolute atomic E-state index is 0.0322. The normalized spacial score (nSPS) is 19.1. The average molecular weight is 395 g/mol. The van der Waals surface area contributed by atoms with Crippen LogP contribution in [-0.2, 0) is 16.0 Å². The summed E-state index contributed by atoms with van der Waals surface area (Å²) in [7, 11) is 1.63. The molecule has 1 aliphatic rings. The fourth-order valence-electron chi connectivity index (χ4n) is 4.09. The molecule has 5 nitrogen and oxygen atoms in total. The molecule has 2 amide bonds. The molecule has 0 aliphatic carbocycles. The van der Waals surface area contributed by atoms with Crippen LogP contribution >= 0.6 is 0 Å². The number of nitrogens with one attached hydrogen (secondary N) is 1.